The Hall–Kier alpha value is -0.340. The van der Waals surface area contributed by atoms with E-state index in [-0.39, 0.29) is 0 Å². The molecule has 1 aromatic heterocycles. The third-order valence-electron chi connectivity index (χ3n) is 2.32. The predicted octanol–water partition coefficient (Wildman–Crippen LogP) is 4.53. The zero-order valence-corrected chi connectivity index (χ0v) is 10.1. The van der Waals surface area contributed by atoms with E-state index < -0.39 is 0 Å². The van der Waals surface area contributed by atoms with Gasteiger partial charge >= 0.3 is 0 Å². The summed E-state index contributed by atoms with van der Waals surface area (Å²) in [5.41, 5.74) is 1.49. The van der Waals surface area contributed by atoms with Gasteiger partial charge in [0.25, 0.3) is 0 Å². The van der Waals surface area contributed by atoms with Crippen LogP contribution in [0.4, 0.5) is 0 Å². The van der Waals surface area contributed by atoms with Crippen molar-refractivity contribution in [3.05, 3.63) is 33.1 Å². The van der Waals surface area contributed by atoms with Crippen LogP contribution in [0.25, 0.3) is 10.1 Å². The average Bonchev–Trinajstić information content (AvgIpc) is 2.42. The highest BCUT2D eigenvalue weighted by Crippen LogP contribution is 2.35. The first-order valence-corrected chi connectivity index (χ1v) is 6.01. The van der Waals surface area contributed by atoms with Crippen molar-refractivity contribution in [2.45, 2.75) is 20.3 Å². The molecule has 13 heavy (non-hydrogen) atoms. The van der Waals surface area contributed by atoms with Crippen molar-refractivity contribution in [1.29, 1.82) is 0 Å². The molecule has 0 atom stereocenters. The van der Waals surface area contributed by atoms with Gasteiger partial charge in [-0.1, -0.05) is 28.9 Å². The van der Waals surface area contributed by atoms with E-state index in [2.05, 4.69) is 48.0 Å². The molecule has 2 heteroatoms. The number of halogens is 1. The van der Waals surface area contributed by atoms with Crippen LogP contribution >= 0.6 is 27.3 Å². The van der Waals surface area contributed by atoms with E-state index in [4.69, 9.17) is 0 Å². The van der Waals surface area contributed by atoms with Gasteiger partial charge in [0.05, 0.1) is 0 Å². The molecule has 2 aromatic rings. The maximum atomic E-state index is 3.61. The van der Waals surface area contributed by atoms with Crippen molar-refractivity contribution in [1.82, 2.24) is 0 Å². The Morgan fingerprint density at radius 3 is 2.85 bits per heavy atom. The topological polar surface area (TPSA) is 0 Å². The zero-order chi connectivity index (χ0) is 9.42. The molecule has 0 fully saturated rings. The molecule has 0 nitrogen and oxygen atoms in total. The first-order chi connectivity index (χ1) is 6.24. The highest BCUT2D eigenvalue weighted by molar-refractivity contribution is 9.10. The molecule has 0 unspecified atom stereocenters. The van der Waals surface area contributed by atoms with Crippen molar-refractivity contribution in [3.8, 4) is 0 Å². The summed E-state index contributed by atoms with van der Waals surface area (Å²) < 4.78 is 2.62. The van der Waals surface area contributed by atoms with Gasteiger partial charge in [-0.15, -0.1) is 11.3 Å². The summed E-state index contributed by atoms with van der Waals surface area (Å²) in [6.07, 6.45) is 1.12. The summed E-state index contributed by atoms with van der Waals surface area (Å²) >= 11 is 5.50. The lowest BCUT2D eigenvalue weighted by Crippen LogP contribution is -1.80. The lowest BCUT2D eigenvalue weighted by Gasteiger charge is -1.98. The van der Waals surface area contributed by atoms with E-state index >= 15 is 0 Å². The Bertz CT molecular complexity index is 443. The molecule has 0 saturated heterocycles. The molecule has 0 spiro atoms. The fourth-order valence-corrected chi connectivity index (χ4v) is 3.63. The second-order valence-corrected chi connectivity index (χ2v) is 5.21. The van der Waals surface area contributed by atoms with Crippen molar-refractivity contribution >= 4 is 37.4 Å². The number of benzene rings is 1. The summed E-state index contributed by atoms with van der Waals surface area (Å²) in [5, 5.41) is 1.41. The van der Waals surface area contributed by atoms with Crippen molar-refractivity contribution in [2.24, 2.45) is 0 Å². The van der Waals surface area contributed by atoms with Crippen molar-refractivity contribution in [2.75, 3.05) is 0 Å². The summed E-state index contributed by atoms with van der Waals surface area (Å²) in [7, 11) is 0. The summed E-state index contributed by atoms with van der Waals surface area (Å²) in [6.45, 7) is 4.42. The number of thiophene rings is 1. The molecule has 0 N–H and O–H groups in total. The predicted molar refractivity (Wildman–Crippen MR) is 63.6 cm³/mol. The van der Waals surface area contributed by atoms with Crippen LogP contribution in [-0.4, -0.2) is 0 Å². The van der Waals surface area contributed by atoms with Gasteiger partial charge in [-0.3, -0.25) is 0 Å². The third kappa shape index (κ3) is 1.42. The Labute approximate surface area is 90.7 Å². The quantitative estimate of drug-likeness (QED) is 0.702. The van der Waals surface area contributed by atoms with E-state index in [0.29, 0.717) is 0 Å². The molecule has 0 bridgehead atoms. The summed E-state index contributed by atoms with van der Waals surface area (Å²) in [4.78, 5) is 1.45. The number of hydrogen-bond donors (Lipinski definition) is 0. The monoisotopic (exact) mass is 254 g/mol. The van der Waals surface area contributed by atoms with Gasteiger partial charge in [0, 0.05) is 19.4 Å². The number of fused-ring (bicyclic) bond motifs is 1. The Morgan fingerprint density at radius 1 is 1.38 bits per heavy atom. The maximum absolute atomic E-state index is 3.61. The SMILES string of the molecule is CCc1c(C)sc2cccc(Br)c12. The second-order valence-electron chi connectivity index (χ2n) is 3.10. The molecule has 68 valence electrons. The largest absolute Gasteiger partial charge is 0.140 e. The Kier molecular flexibility index (Phi) is 2.43. The molecule has 1 aromatic carbocycles. The van der Waals surface area contributed by atoms with Crippen LogP contribution in [0.3, 0.4) is 0 Å². The molecule has 0 saturated carbocycles. The van der Waals surface area contributed by atoms with E-state index in [0.717, 1.165) is 6.42 Å². The van der Waals surface area contributed by atoms with Gasteiger partial charge in [-0.25, -0.2) is 0 Å². The highest BCUT2D eigenvalue weighted by atomic mass is 79.9. The molecular weight excluding hydrogens is 244 g/mol. The molecule has 1 heterocycles. The normalized spacial score (nSPS) is 11.0. The van der Waals surface area contributed by atoms with Crippen molar-refractivity contribution in [3.63, 3.8) is 0 Å². The van der Waals surface area contributed by atoms with Gasteiger partial charge in [-0.05, 0) is 31.0 Å². The van der Waals surface area contributed by atoms with Gasteiger partial charge in [0.15, 0.2) is 0 Å². The molecule has 0 aliphatic rings. The standard InChI is InChI=1S/C11H11BrS/c1-3-8-7(2)13-10-6-4-5-9(12)11(8)10/h4-6H,3H2,1-2H3. The Balaban J connectivity index is 2.88. The van der Waals surface area contributed by atoms with Gasteiger partial charge < -0.3 is 0 Å². The molecular formula is C11H11BrS. The minimum Gasteiger partial charge on any atom is -0.140 e. The maximum Gasteiger partial charge on any atom is 0.0359 e. The van der Waals surface area contributed by atoms with Crippen LogP contribution in [0.1, 0.15) is 17.4 Å². The minimum atomic E-state index is 1.12. The van der Waals surface area contributed by atoms with E-state index in [1.807, 2.05) is 11.3 Å². The van der Waals surface area contributed by atoms with E-state index in [1.54, 1.807) is 0 Å². The van der Waals surface area contributed by atoms with Gasteiger partial charge in [0.2, 0.25) is 0 Å². The zero-order valence-electron chi connectivity index (χ0n) is 7.73. The van der Waals surface area contributed by atoms with Gasteiger partial charge in [-0.2, -0.15) is 0 Å². The summed E-state index contributed by atoms with van der Waals surface area (Å²) in [6, 6.07) is 6.41. The number of rotatable bonds is 1. The van der Waals surface area contributed by atoms with Crippen LogP contribution in [0, 0.1) is 6.92 Å². The van der Waals surface area contributed by atoms with Crippen LogP contribution in [0.2, 0.25) is 0 Å². The highest BCUT2D eigenvalue weighted by Gasteiger charge is 2.08. The molecule has 2 rings (SSSR count). The second kappa shape index (κ2) is 3.43. The van der Waals surface area contributed by atoms with Crippen LogP contribution in [-0.2, 0) is 6.42 Å². The average molecular weight is 255 g/mol. The van der Waals surface area contributed by atoms with Gasteiger partial charge in [0.1, 0.15) is 0 Å². The lowest BCUT2D eigenvalue weighted by molar-refractivity contribution is 1.15. The van der Waals surface area contributed by atoms with Crippen LogP contribution in [0.5, 0.6) is 0 Å². The third-order valence-corrected chi connectivity index (χ3v) is 4.09. The number of hydrogen-bond acceptors (Lipinski definition) is 1. The molecule has 0 amide bonds. The number of aryl methyl sites for hydroxylation is 2. The first kappa shape index (κ1) is 9.22. The molecule has 0 aliphatic carbocycles. The summed E-state index contributed by atoms with van der Waals surface area (Å²) in [5.74, 6) is 0. The Morgan fingerprint density at radius 2 is 2.15 bits per heavy atom. The molecule has 0 radical (unpaired) electrons. The van der Waals surface area contributed by atoms with Crippen LogP contribution in [0.15, 0.2) is 22.7 Å². The first-order valence-electron chi connectivity index (χ1n) is 4.40. The lowest BCUT2D eigenvalue weighted by atomic mass is 10.1. The fraction of sp³-hybridized carbons (Fsp3) is 0.273. The minimum absolute atomic E-state index is 1.12. The van der Waals surface area contributed by atoms with Crippen molar-refractivity contribution < 1.29 is 0 Å². The molecule has 0 aliphatic heterocycles. The van der Waals surface area contributed by atoms with E-state index in [9.17, 15) is 0 Å². The fourth-order valence-electron chi connectivity index (χ4n) is 1.71. The van der Waals surface area contributed by atoms with Crippen LogP contribution < -0.4 is 0 Å². The smallest absolute Gasteiger partial charge is 0.0359 e. The van der Waals surface area contributed by atoms with E-state index in [1.165, 1.54) is 25.0 Å².